The van der Waals surface area contributed by atoms with E-state index in [1.807, 2.05) is 12.1 Å². The molecule has 0 amide bonds. The molecule has 2 aromatic carbocycles. The van der Waals surface area contributed by atoms with Crippen molar-refractivity contribution in [2.24, 2.45) is 0 Å². The van der Waals surface area contributed by atoms with Crippen molar-refractivity contribution in [3.05, 3.63) is 64.3 Å². The lowest BCUT2D eigenvalue weighted by Crippen LogP contribution is -2.45. The minimum absolute atomic E-state index is 0.0222. The number of hydrogen-bond acceptors (Lipinski definition) is 7. The normalized spacial score (nSPS) is 16.2. The SMILES string of the molecule is Nc1nc(NC2Cc3ccccc3N(S(=O)(=O)c3cc(Cl)cc(Cl)c3)C2)c2cn[nH]c2n1. The van der Waals surface area contributed by atoms with E-state index in [1.54, 1.807) is 18.3 Å². The van der Waals surface area contributed by atoms with Crippen molar-refractivity contribution in [2.45, 2.75) is 17.4 Å². The van der Waals surface area contributed by atoms with Gasteiger partial charge in [0.2, 0.25) is 5.95 Å². The molecule has 12 heteroatoms. The summed E-state index contributed by atoms with van der Waals surface area (Å²) in [7, 11) is -3.94. The number of benzene rings is 2. The Balaban J connectivity index is 1.55. The van der Waals surface area contributed by atoms with E-state index in [4.69, 9.17) is 28.9 Å². The van der Waals surface area contributed by atoms with Gasteiger partial charge in [-0.1, -0.05) is 41.4 Å². The van der Waals surface area contributed by atoms with Crippen LogP contribution < -0.4 is 15.4 Å². The first-order chi connectivity index (χ1) is 15.3. The van der Waals surface area contributed by atoms with E-state index < -0.39 is 10.0 Å². The quantitative estimate of drug-likeness (QED) is 0.399. The minimum Gasteiger partial charge on any atom is -0.368 e. The number of halogens is 2. The topological polar surface area (TPSA) is 130 Å². The fraction of sp³-hybridized carbons (Fsp3) is 0.150. The fourth-order valence-electron chi connectivity index (χ4n) is 3.84. The summed E-state index contributed by atoms with van der Waals surface area (Å²) < 4.78 is 28.6. The number of para-hydroxylation sites is 1. The molecule has 32 heavy (non-hydrogen) atoms. The summed E-state index contributed by atoms with van der Waals surface area (Å²) in [6, 6.07) is 11.4. The van der Waals surface area contributed by atoms with Crippen LogP contribution in [0.4, 0.5) is 17.5 Å². The summed E-state index contributed by atoms with van der Waals surface area (Å²) in [5.41, 5.74) is 7.80. The number of rotatable bonds is 4. The van der Waals surface area contributed by atoms with Crippen molar-refractivity contribution in [2.75, 3.05) is 21.9 Å². The Bertz CT molecular complexity index is 1420. The number of aromatic amines is 1. The molecule has 1 unspecified atom stereocenters. The highest BCUT2D eigenvalue weighted by molar-refractivity contribution is 7.92. The van der Waals surface area contributed by atoms with Gasteiger partial charge in [-0.15, -0.1) is 0 Å². The van der Waals surface area contributed by atoms with Crippen LogP contribution in [0.3, 0.4) is 0 Å². The summed E-state index contributed by atoms with van der Waals surface area (Å²) in [5.74, 6) is 0.562. The molecule has 4 N–H and O–H groups in total. The van der Waals surface area contributed by atoms with Gasteiger partial charge >= 0.3 is 0 Å². The van der Waals surface area contributed by atoms with Gasteiger partial charge in [-0.3, -0.25) is 9.40 Å². The molecular weight excluding hydrogens is 473 g/mol. The molecule has 164 valence electrons. The number of nitrogens with one attached hydrogen (secondary N) is 2. The summed E-state index contributed by atoms with van der Waals surface area (Å²) >= 11 is 12.2. The molecule has 1 aliphatic heterocycles. The predicted molar refractivity (Wildman–Crippen MR) is 125 cm³/mol. The number of aromatic nitrogens is 4. The Morgan fingerprint density at radius 2 is 1.88 bits per heavy atom. The highest BCUT2D eigenvalue weighted by Gasteiger charge is 2.34. The number of nitrogens with two attached hydrogens (primary N) is 1. The van der Waals surface area contributed by atoms with Gasteiger partial charge in [-0.25, -0.2) is 8.42 Å². The lowest BCUT2D eigenvalue weighted by molar-refractivity contribution is 0.581. The van der Waals surface area contributed by atoms with Crippen molar-refractivity contribution < 1.29 is 8.42 Å². The smallest absolute Gasteiger partial charge is 0.264 e. The summed E-state index contributed by atoms with van der Waals surface area (Å²) in [6.45, 7) is 0.159. The average Bonchev–Trinajstić information content (AvgIpc) is 3.21. The Kier molecular flexibility index (Phi) is 5.07. The van der Waals surface area contributed by atoms with Crippen LogP contribution >= 0.6 is 23.2 Å². The molecule has 0 fully saturated rings. The van der Waals surface area contributed by atoms with Crippen molar-refractivity contribution in [1.82, 2.24) is 20.2 Å². The lowest BCUT2D eigenvalue weighted by Gasteiger charge is -2.36. The molecule has 2 aromatic heterocycles. The van der Waals surface area contributed by atoms with Crippen LogP contribution in [0.1, 0.15) is 5.56 Å². The van der Waals surface area contributed by atoms with E-state index in [1.165, 1.54) is 22.5 Å². The molecule has 0 bridgehead atoms. The van der Waals surface area contributed by atoms with Gasteiger partial charge in [0.1, 0.15) is 5.82 Å². The van der Waals surface area contributed by atoms with Crippen molar-refractivity contribution in [3.8, 4) is 0 Å². The van der Waals surface area contributed by atoms with Crippen molar-refractivity contribution in [1.29, 1.82) is 0 Å². The molecule has 0 radical (unpaired) electrons. The molecule has 1 atom stereocenters. The third-order valence-corrected chi connectivity index (χ3v) is 7.40. The van der Waals surface area contributed by atoms with Crippen LogP contribution in [0.5, 0.6) is 0 Å². The number of hydrogen-bond donors (Lipinski definition) is 3. The monoisotopic (exact) mass is 489 g/mol. The zero-order chi connectivity index (χ0) is 22.5. The van der Waals surface area contributed by atoms with Crippen molar-refractivity contribution >= 4 is 61.7 Å². The molecule has 0 saturated carbocycles. The predicted octanol–water partition coefficient (Wildman–Crippen LogP) is 3.47. The highest BCUT2D eigenvalue weighted by Crippen LogP contribution is 2.34. The van der Waals surface area contributed by atoms with Gasteiger partial charge in [0.15, 0.2) is 5.65 Å². The van der Waals surface area contributed by atoms with Gasteiger partial charge in [-0.05, 0) is 36.2 Å². The fourth-order valence-corrected chi connectivity index (χ4v) is 6.11. The van der Waals surface area contributed by atoms with Crippen LogP contribution in [0.2, 0.25) is 10.0 Å². The summed E-state index contributed by atoms with van der Waals surface area (Å²) in [4.78, 5) is 8.42. The van der Waals surface area contributed by atoms with Crippen LogP contribution in [0.15, 0.2) is 53.6 Å². The molecule has 5 rings (SSSR count). The Morgan fingerprint density at radius 1 is 1.12 bits per heavy atom. The maximum absolute atomic E-state index is 13.6. The number of fused-ring (bicyclic) bond motifs is 2. The zero-order valence-electron chi connectivity index (χ0n) is 16.5. The molecule has 0 saturated heterocycles. The Morgan fingerprint density at radius 3 is 2.66 bits per heavy atom. The molecule has 0 aliphatic carbocycles. The minimum atomic E-state index is -3.94. The molecule has 9 nitrogen and oxygen atoms in total. The standard InChI is InChI=1S/C20H17Cl2N7O2S/c21-12-6-13(22)8-15(7-12)32(30,31)29-10-14(5-11-3-1-2-4-17(11)29)25-18-16-9-24-28-19(16)27-20(23)26-18/h1-4,6-9,14H,5,10H2,(H4,23,24,25,26,27,28). The van der Waals surface area contributed by atoms with E-state index in [0.717, 1.165) is 5.56 Å². The third-order valence-electron chi connectivity index (χ3n) is 5.20. The van der Waals surface area contributed by atoms with E-state index in [9.17, 15) is 8.42 Å². The Labute approximate surface area is 193 Å². The number of sulfonamides is 1. The van der Waals surface area contributed by atoms with E-state index in [0.29, 0.717) is 29.0 Å². The second-order valence-corrected chi connectivity index (χ2v) is 10.1. The largest absolute Gasteiger partial charge is 0.368 e. The van der Waals surface area contributed by atoms with Gasteiger partial charge in [0.25, 0.3) is 10.0 Å². The summed E-state index contributed by atoms with van der Waals surface area (Å²) in [5, 5.41) is 11.2. The first kappa shape index (κ1) is 20.8. The number of nitrogen functional groups attached to an aromatic ring is 1. The number of H-pyrrole nitrogens is 1. The van der Waals surface area contributed by atoms with Crippen LogP contribution in [0.25, 0.3) is 11.0 Å². The molecule has 1 aliphatic rings. The third kappa shape index (κ3) is 3.70. The first-order valence-electron chi connectivity index (χ1n) is 9.61. The average molecular weight is 490 g/mol. The zero-order valence-corrected chi connectivity index (χ0v) is 18.8. The van der Waals surface area contributed by atoms with E-state index >= 15 is 0 Å². The maximum Gasteiger partial charge on any atom is 0.264 e. The second kappa shape index (κ2) is 7.80. The number of anilines is 3. The van der Waals surface area contributed by atoms with Crippen LogP contribution in [0, 0.1) is 0 Å². The van der Waals surface area contributed by atoms with Crippen LogP contribution in [-0.2, 0) is 16.4 Å². The van der Waals surface area contributed by atoms with E-state index in [2.05, 4.69) is 25.5 Å². The number of nitrogens with zero attached hydrogens (tertiary/aromatic N) is 4. The van der Waals surface area contributed by atoms with E-state index in [-0.39, 0.29) is 33.5 Å². The van der Waals surface area contributed by atoms with Gasteiger partial charge in [0, 0.05) is 10.0 Å². The lowest BCUT2D eigenvalue weighted by atomic mass is 9.99. The Hall–Kier alpha value is -3.08. The van der Waals surface area contributed by atoms with Crippen molar-refractivity contribution in [3.63, 3.8) is 0 Å². The maximum atomic E-state index is 13.6. The molecule has 3 heterocycles. The van der Waals surface area contributed by atoms with Crippen LogP contribution in [-0.4, -0.2) is 41.2 Å². The van der Waals surface area contributed by atoms with Gasteiger partial charge in [0.05, 0.1) is 34.8 Å². The summed E-state index contributed by atoms with van der Waals surface area (Å²) in [6.07, 6.45) is 2.18. The highest BCUT2D eigenvalue weighted by atomic mass is 35.5. The van der Waals surface area contributed by atoms with Gasteiger partial charge < -0.3 is 11.1 Å². The second-order valence-electron chi connectivity index (χ2n) is 7.38. The molecule has 4 aromatic rings. The van der Waals surface area contributed by atoms with Gasteiger partial charge in [-0.2, -0.15) is 15.1 Å². The molecule has 0 spiro atoms. The molecular formula is C20H17Cl2N7O2S. The first-order valence-corrected chi connectivity index (χ1v) is 11.8.